The van der Waals surface area contributed by atoms with Crippen LogP contribution in [-0.2, 0) is 4.79 Å². The van der Waals surface area contributed by atoms with Crippen LogP contribution >= 0.6 is 23.4 Å². The van der Waals surface area contributed by atoms with Gasteiger partial charge in [-0.05, 0) is 51.2 Å². The van der Waals surface area contributed by atoms with Crippen LogP contribution in [0.2, 0.25) is 5.02 Å². The number of amides is 1. The topological polar surface area (TPSA) is 85.8 Å². The highest BCUT2D eigenvalue weighted by Crippen LogP contribution is 2.29. The maximum absolute atomic E-state index is 12.4. The Bertz CT molecular complexity index is 835. The van der Waals surface area contributed by atoms with E-state index in [9.17, 15) is 4.79 Å². The number of hydrogen-bond donors (Lipinski definition) is 2. The molecule has 1 atom stereocenters. The van der Waals surface area contributed by atoms with Crippen LogP contribution in [0.4, 0.5) is 0 Å². The molecule has 0 radical (unpaired) electrons. The molecule has 3 N–H and O–H groups in total. The van der Waals surface area contributed by atoms with E-state index < -0.39 is 0 Å². The smallest absolute Gasteiger partial charge is 0.233 e. The first-order chi connectivity index (χ1) is 13.1. The predicted octanol–water partition coefficient (Wildman–Crippen LogP) is 3.80. The minimum Gasteiger partial charge on any atom is -0.355 e. The second-order valence-electron chi connectivity index (χ2n) is 6.57. The van der Waals surface area contributed by atoms with Crippen LogP contribution in [0, 0.1) is 0 Å². The number of benzene rings is 1. The van der Waals surface area contributed by atoms with Crippen LogP contribution in [0.5, 0.6) is 0 Å². The van der Waals surface area contributed by atoms with Gasteiger partial charge < -0.3 is 11.2 Å². The minimum atomic E-state index is -0.323. The zero-order chi connectivity index (χ0) is 19.2. The summed E-state index contributed by atoms with van der Waals surface area (Å²) in [4.78, 5) is 12.4. The molecule has 0 aliphatic heterocycles. The van der Waals surface area contributed by atoms with Crippen LogP contribution in [0.1, 0.15) is 39.0 Å². The van der Waals surface area contributed by atoms with Gasteiger partial charge in [-0.25, -0.2) is 4.68 Å². The number of thioether (sulfide) groups is 1. The van der Waals surface area contributed by atoms with Gasteiger partial charge >= 0.3 is 0 Å². The molecule has 144 valence electrons. The number of nitrogens with zero attached hydrogens (tertiary/aromatic N) is 3. The van der Waals surface area contributed by atoms with Crippen molar-refractivity contribution < 1.29 is 4.79 Å². The highest BCUT2D eigenvalue weighted by Gasteiger charge is 2.20. The van der Waals surface area contributed by atoms with E-state index in [1.165, 1.54) is 34.9 Å². The monoisotopic (exact) mass is 405 g/mol. The normalized spacial score (nSPS) is 15.3. The Morgan fingerprint density at radius 1 is 1.37 bits per heavy atom. The number of nitrogens with two attached hydrogens (primary N) is 1. The first-order valence-electron chi connectivity index (χ1n) is 9.14. The number of allylic oxidation sites excluding steroid dienone is 1. The maximum atomic E-state index is 12.4. The number of halogens is 1. The molecule has 1 aromatic carbocycles. The lowest BCUT2D eigenvalue weighted by molar-refractivity contribution is -0.120. The van der Waals surface area contributed by atoms with Crippen LogP contribution < -0.4 is 11.2 Å². The molecule has 1 aliphatic carbocycles. The summed E-state index contributed by atoms with van der Waals surface area (Å²) in [6, 6.07) is 7.31. The number of nitrogen functional groups attached to an aromatic ring is 1. The molecule has 1 amide bonds. The van der Waals surface area contributed by atoms with E-state index in [4.69, 9.17) is 17.4 Å². The fourth-order valence-electron chi connectivity index (χ4n) is 3.02. The van der Waals surface area contributed by atoms with Crippen molar-refractivity contribution in [1.82, 2.24) is 20.2 Å². The van der Waals surface area contributed by atoms with E-state index in [1.807, 2.05) is 25.1 Å². The largest absolute Gasteiger partial charge is 0.355 e. The summed E-state index contributed by atoms with van der Waals surface area (Å²) in [7, 11) is 0. The average Bonchev–Trinajstić information content (AvgIpc) is 3.03. The fraction of sp³-hybridized carbons (Fsp3) is 0.421. The second-order valence-corrected chi connectivity index (χ2v) is 8.28. The van der Waals surface area contributed by atoms with Crippen LogP contribution in [0.3, 0.4) is 0 Å². The molecular weight excluding hydrogens is 382 g/mol. The van der Waals surface area contributed by atoms with E-state index >= 15 is 0 Å². The lowest BCUT2D eigenvalue weighted by atomic mass is 9.97. The Morgan fingerprint density at radius 2 is 2.19 bits per heavy atom. The molecule has 0 saturated carbocycles. The molecule has 0 spiro atoms. The summed E-state index contributed by atoms with van der Waals surface area (Å²) in [6.45, 7) is 2.50. The van der Waals surface area contributed by atoms with Crippen LogP contribution in [0.25, 0.3) is 11.4 Å². The van der Waals surface area contributed by atoms with E-state index in [1.54, 1.807) is 6.07 Å². The number of aromatic nitrogens is 3. The Kier molecular flexibility index (Phi) is 6.79. The molecule has 8 heteroatoms. The number of rotatable bonds is 7. The van der Waals surface area contributed by atoms with Crippen molar-refractivity contribution >= 4 is 29.3 Å². The number of carbonyl (C=O) groups excluding carboxylic acids is 1. The fourth-order valence-corrected chi connectivity index (χ4v) is 4.03. The van der Waals surface area contributed by atoms with Gasteiger partial charge in [0.05, 0.1) is 10.3 Å². The highest BCUT2D eigenvalue weighted by molar-refractivity contribution is 8.00. The summed E-state index contributed by atoms with van der Waals surface area (Å²) in [5.74, 6) is 6.57. The quantitative estimate of drug-likeness (QED) is 0.415. The van der Waals surface area contributed by atoms with Crippen molar-refractivity contribution in [2.24, 2.45) is 0 Å². The van der Waals surface area contributed by atoms with Gasteiger partial charge in [0.1, 0.15) is 0 Å². The first-order valence-corrected chi connectivity index (χ1v) is 10.4. The summed E-state index contributed by atoms with van der Waals surface area (Å²) < 4.78 is 1.38. The molecule has 0 saturated heterocycles. The summed E-state index contributed by atoms with van der Waals surface area (Å²) in [6.07, 6.45) is 8.08. The Labute approximate surface area is 168 Å². The molecule has 0 bridgehead atoms. The van der Waals surface area contributed by atoms with Crippen molar-refractivity contribution in [1.29, 1.82) is 0 Å². The predicted molar refractivity (Wildman–Crippen MR) is 110 cm³/mol. The molecule has 1 heterocycles. The third kappa shape index (κ3) is 5.05. The molecule has 3 rings (SSSR count). The van der Waals surface area contributed by atoms with Gasteiger partial charge in [-0.2, -0.15) is 0 Å². The Morgan fingerprint density at radius 3 is 2.93 bits per heavy atom. The molecule has 2 aromatic rings. The Balaban J connectivity index is 1.56. The third-order valence-electron chi connectivity index (χ3n) is 4.56. The van der Waals surface area contributed by atoms with E-state index in [0.29, 0.717) is 28.1 Å². The first kappa shape index (κ1) is 19.8. The van der Waals surface area contributed by atoms with E-state index in [-0.39, 0.29) is 11.2 Å². The molecule has 1 unspecified atom stereocenters. The van der Waals surface area contributed by atoms with Crippen molar-refractivity contribution in [2.45, 2.75) is 49.4 Å². The average molecular weight is 406 g/mol. The SMILES string of the molecule is CC(Sc1nnc(-c2ccccc2Cl)n1N)C(=O)NCCC1=CCCCC1. The van der Waals surface area contributed by atoms with Gasteiger partial charge in [0, 0.05) is 12.1 Å². The highest BCUT2D eigenvalue weighted by atomic mass is 35.5. The van der Waals surface area contributed by atoms with Crippen molar-refractivity contribution in [2.75, 3.05) is 12.4 Å². The van der Waals surface area contributed by atoms with Crippen molar-refractivity contribution in [3.8, 4) is 11.4 Å². The van der Waals surface area contributed by atoms with Crippen molar-refractivity contribution in [3.63, 3.8) is 0 Å². The molecule has 6 nitrogen and oxygen atoms in total. The van der Waals surface area contributed by atoms with Crippen LogP contribution in [-0.4, -0.2) is 32.6 Å². The summed E-state index contributed by atoms with van der Waals surface area (Å²) in [5, 5.41) is 11.9. The third-order valence-corrected chi connectivity index (χ3v) is 5.95. The lowest BCUT2D eigenvalue weighted by Gasteiger charge is -2.14. The van der Waals surface area contributed by atoms with Gasteiger partial charge in [-0.3, -0.25) is 4.79 Å². The number of carbonyl (C=O) groups is 1. The van der Waals surface area contributed by atoms with E-state index in [0.717, 1.165) is 19.3 Å². The van der Waals surface area contributed by atoms with Gasteiger partial charge in [-0.15, -0.1) is 10.2 Å². The summed E-state index contributed by atoms with van der Waals surface area (Å²) in [5.41, 5.74) is 2.16. The molecular formula is C19H24ClN5OS. The van der Waals surface area contributed by atoms with Gasteiger partial charge in [0.2, 0.25) is 11.1 Å². The van der Waals surface area contributed by atoms with Crippen molar-refractivity contribution in [3.05, 3.63) is 40.9 Å². The van der Waals surface area contributed by atoms with E-state index in [2.05, 4.69) is 21.6 Å². The molecule has 1 aromatic heterocycles. The number of nitrogens with one attached hydrogen (secondary N) is 1. The summed E-state index contributed by atoms with van der Waals surface area (Å²) >= 11 is 7.49. The standard InChI is InChI=1S/C19H24ClN5OS/c1-13(18(26)22-12-11-14-7-3-2-4-8-14)27-19-24-23-17(25(19)21)15-9-5-6-10-16(15)20/h5-7,9-10,13H,2-4,8,11-12,21H2,1H3,(H,22,26). The zero-order valence-electron chi connectivity index (χ0n) is 15.3. The molecule has 1 aliphatic rings. The second kappa shape index (κ2) is 9.28. The minimum absolute atomic E-state index is 0.0290. The number of hydrogen-bond acceptors (Lipinski definition) is 5. The van der Waals surface area contributed by atoms with Crippen LogP contribution in [0.15, 0.2) is 41.1 Å². The van der Waals surface area contributed by atoms with Gasteiger partial charge in [-0.1, -0.05) is 47.1 Å². The molecule has 0 fully saturated rings. The molecule has 27 heavy (non-hydrogen) atoms. The lowest BCUT2D eigenvalue weighted by Crippen LogP contribution is -2.32. The zero-order valence-corrected chi connectivity index (χ0v) is 16.9. The van der Waals surface area contributed by atoms with Gasteiger partial charge in [0.25, 0.3) is 0 Å². The Hall–Kier alpha value is -1.99. The van der Waals surface area contributed by atoms with Gasteiger partial charge in [0.15, 0.2) is 5.82 Å². The maximum Gasteiger partial charge on any atom is 0.233 e.